The summed E-state index contributed by atoms with van der Waals surface area (Å²) >= 11 is 1.62. The van der Waals surface area contributed by atoms with Crippen LogP contribution in [0.5, 0.6) is 11.5 Å². The Morgan fingerprint density at radius 2 is 1.81 bits per heavy atom. The van der Waals surface area contributed by atoms with Gasteiger partial charge in [-0.15, -0.1) is 11.3 Å². The zero-order valence-corrected chi connectivity index (χ0v) is 19.0. The monoisotopic (exact) mass is 455 g/mol. The van der Waals surface area contributed by atoms with Crippen molar-refractivity contribution in [3.05, 3.63) is 59.0 Å². The summed E-state index contributed by atoms with van der Waals surface area (Å²) in [5.74, 6) is 0.0995. The number of hydrazone groups is 1. The molecule has 0 aliphatic rings. The number of carbonyl (C=O) groups is 2. The standard InChI is InChI=1S/C23H25N3O5S/c1-29-11-10-18(17-14-32-21-7-5-4-6-16(17)21)25-26-22(27)13-24-23(28)15-8-9-19(30-2)20(12-15)31-3/h4-9,12,14H,10-11,13H2,1-3H3,(H,24,28)(H,26,27)/b25-18-. The van der Waals surface area contributed by atoms with Gasteiger partial charge in [-0.05, 0) is 24.3 Å². The molecule has 0 aliphatic carbocycles. The van der Waals surface area contributed by atoms with Crippen molar-refractivity contribution in [1.82, 2.24) is 10.7 Å². The average molecular weight is 456 g/mol. The summed E-state index contributed by atoms with van der Waals surface area (Å²) in [4.78, 5) is 24.7. The van der Waals surface area contributed by atoms with Crippen molar-refractivity contribution in [2.24, 2.45) is 5.10 Å². The van der Waals surface area contributed by atoms with Gasteiger partial charge in [-0.2, -0.15) is 5.10 Å². The predicted octanol–water partition coefficient (Wildman–Crippen LogP) is 3.21. The lowest BCUT2D eigenvalue weighted by Crippen LogP contribution is -2.35. The number of nitrogens with one attached hydrogen (secondary N) is 2. The maximum Gasteiger partial charge on any atom is 0.259 e. The minimum Gasteiger partial charge on any atom is -0.493 e. The number of ether oxygens (including phenoxy) is 3. The van der Waals surface area contributed by atoms with Crippen LogP contribution < -0.4 is 20.2 Å². The highest BCUT2D eigenvalue weighted by molar-refractivity contribution is 7.17. The molecule has 2 aromatic carbocycles. The van der Waals surface area contributed by atoms with E-state index < -0.39 is 11.8 Å². The molecule has 0 bridgehead atoms. The Morgan fingerprint density at radius 1 is 1.03 bits per heavy atom. The lowest BCUT2D eigenvalue weighted by Gasteiger charge is -2.10. The molecule has 1 aromatic heterocycles. The predicted molar refractivity (Wildman–Crippen MR) is 125 cm³/mol. The lowest BCUT2D eigenvalue weighted by molar-refractivity contribution is -0.120. The molecule has 3 rings (SSSR count). The Balaban J connectivity index is 1.65. The van der Waals surface area contributed by atoms with Gasteiger partial charge in [-0.3, -0.25) is 9.59 Å². The first-order valence-electron chi connectivity index (χ1n) is 9.88. The molecule has 8 nitrogen and oxygen atoms in total. The van der Waals surface area contributed by atoms with Crippen molar-refractivity contribution >= 4 is 38.9 Å². The molecule has 2 amide bonds. The van der Waals surface area contributed by atoms with E-state index in [0.29, 0.717) is 35.8 Å². The van der Waals surface area contributed by atoms with Crippen LogP contribution in [-0.4, -0.2) is 52.0 Å². The third kappa shape index (κ3) is 5.63. The van der Waals surface area contributed by atoms with E-state index in [4.69, 9.17) is 14.2 Å². The normalized spacial score (nSPS) is 11.3. The molecule has 0 spiro atoms. The number of amides is 2. The van der Waals surface area contributed by atoms with Crippen molar-refractivity contribution in [1.29, 1.82) is 0 Å². The number of methoxy groups -OCH3 is 3. The van der Waals surface area contributed by atoms with Crippen LogP contribution in [-0.2, 0) is 9.53 Å². The van der Waals surface area contributed by atoms with Gasteiger partial charge < -0.3 is 19.5 Å². The number of benzene rings is 2. The topological polar surface area (TPSA) is 98.2 Å². The maximum absolute atomic E-state index is 12.4. The highest BCUT2D eigenvalue weighted by Crippen LogP contribution is 2.28. The van der Waals surface area contributed by atoms with Crippen LogP contribution in [0.1, 0.15) is 22.3 Å². The third-order valence-corrected chi connectivity index (χ3v) is 5.67. The van der Waals surface area contributed by atoms with Gasteiger partial charge in [-0.25, -0.2) is 5.43 Å². The number of nitrogens with zero attached hydrogens (tertiary/aromatic N) is 1. The number of rotatable bonds is 10. The molecule has 0 fully saturated rings. The van der Waals surface area contributed by atoms with Gasteiger partial charge in [0.15, 0.2) is 11.5 Å². The molecule has 0 saturated carbocycles. The molecule has 2 N–H and O–H groups in total. The summed E-state index contributed by atoms with van der Waals surface area (Å²) < 4.78 is 16.7. The van der Waals surface area contributed by atoms with Gasteiger partial charge in [0.05, 0.1) is 33.1 Å². The van der Waals surface area contributed by atoms with E-state index in [2.05, 4.69) is 15.8 Å². The van der Waals surface area contributed by atoms with Crippen LogP contribution in [0.15, 0.2) is 52.9 Å². The average Bonchev–Trinajstić information content (AvgIpc) is 3.26. The summed E-state index contributed by atoms with van der Waals surface area (Å²) in [6.07, 6.45) is 0.537. The van der Waals surface area contributed by atoms with Crippen LogP contribution in [0, 0.1) is 0 Å². The molecule has 3 aromatic rings. The number of hydrogen-bond acceptors (Lipinski definition) is 7. The van der Waals surface area contributed by atoms with Crippen molar-refractivity contribution in [2.75, 3.05) is 34.5 Å². The van der Waals surface area contributed by atoms with Crippen LogP contribution in [0.2, 0.25) is 0 Å². The van der Waals surface area contributed by atoms with Crippen LogP contribution in [0.3, 0.4) is 0 Å². The number of carbonyl (C=O) groups excluding carboxylic acids is 2. The van der Waals surface area contributed by atoms with Crippen molar-refractivity contribution in [2.45, 2.75) is 6.42 Å². The molecule has 0 saturated heterocycles. The van der Waals surface area contributed by atoms with Gasteiger partial charge in [-0.1, -0.05) is 18.2 Å². The molecule has 0 atom stereocenters. The first-order valence-corrected chi connectivity index (χ1v) is 10.8. The van der Waals surface area contributed by atoms with E-state index in [9.17, 15) is 9.59 Å². The minimum absolute atomic E-state index is 0.224. The van der Waals surface area contributed by atoms with Crippen LogP contribution in [0.25, 0.3) is 10.1 Å². The van der Waals surface area contributed by atoms with Crippen LogP contribution in [0.4, 0.5) is 0 Å². The molecule has 0 unspecified atom stereocenters. The number of thiophene rings is 1. The zero-order valence-electron chi connectivity index (χ0n) is 18.1. The van der Waals surface area contributed by atoms with E-state index >= 15 is 0 Å². The summed E-state index contributed by atoms with van der Waals surface area (Å²) in [6.45, 7) is 0.244. The summed E-state index contributed by atoms with van der Waals surface area (Å²) in [5, 5.41) is 9.98. The van der Waals surface area contributed by atoms with Crippen molar-refractivity contribution < 1.29 is 23.8 Å². The van der Waals surface area contributed by atoms with Gasteiger partial charge in [0.25, 0.3) is 11.8 Å². The quantitative estimate of drug-likeness (QED) is 0.361. The smallest absolute Gasteiger partial charge is 0.259 e. The largest absolute Gasteiger partial charge is 0.493 e. The highest BCUT2D eigenvalue weighted by Gasteiger charge is 2.13. The van der Waals surface area contributed by atoms with Gasteiger partial charge in [0.2, 0.25) is 0 Å². The lowest BCUT2D eigenvalue weighted by atomic mass is 10.1. The number of hydrogen-bond donors (Lipinski definition) is 2. The third-order valence-electron chi connectivity index (χ3n) is 4.71. The Hall–Kier alpha value is -3.43. The summed E-state index contributed by atoms with van der Waals surface area (Å²) in [5.41, 5.74) is 4.55. The van der Waals surface area contributed by atoms with Crippen LogP contribution >= 0.6 is 11.3 Å². The SMILES string of the molecule is COCC/C(=N/NC(=O)CNC(=O)c1ccc(OC)c(OC)c1)c1csc2ccccc12. The van der Waals surface area contributed by atoms with Gasteiger partial charge >= 0.3 is 0 Å². The van der Waals surface area contributed by atoms with E-state index in [0.717, 1.165) is 15.6 Å². The minimum atomic E-state index is -0.437. The van der Waals surface area contributed by atoms with Gasteiger partial charge in [0, 0.05) is 40.1 Å². The fourth-order valence-corrected chi connectivity index (χ4v) is 4.03. The second-order valence-electron chi connectivity index (χ2n) is 6.73. The number of fused-ring (bicyclic) bond motifs is 1. The fraction of sp³-hybridized carbons (Fsp3) is 0.261. The van der Waals surface area contributed by atoms with E-state index in [-0.39, 0.29) is 6.54 Å². The Labute approximate surface area is 190 Å². The summed E-state index contributed by atoms with van der Waals surface area (Å²) in [6, 6.07) is 12.8. The summed E-state index contributed by atoms with van der Waals surface area (Å²) in [7, 11) is 4.62. The molecular formula is C23H25N3O5S. The van der Waals surface area contributed by atoms with Crippen molar-refractivity contribution in [3.8, 4) is 11.5 Å². The Morgan fingerprint density at radius 3 is 2.56 bits per heavy atom. The second-order valence-corrected chi connectivity index (χ2v) is 7.65. The zero-order chi connectivity index (χ0) is 22.9. The van der Waals surface area contributed by atoms with Crippen molar-refractivity contribution in [3.63, 3.8) is 0 Å². The first-order chi connectivity index (χ1) is 15.6. The maximum atomic E-state index is 12.4. The molecule has 9 heteroatoms. The molecule has 32 heavy (non-hydrogen) atoms. The molecule has 0 aliphatic heterocycles. The van der Waals surface area contributed by atoms with E-state index in [1.165, 1.54) is 14.2 Å². The second kappa shape index (κ2) is 11.3. The van der Waals surface area contributed by atoms with E-state index in [1.54, 1.807) is 36.6 Å². The Kier molecular flexibility index (Phi) is 8.18. The highest BCUT2D eigenvalue weighted by atomic mass is 32.1. The first kappa shape index (κ1) is 23.2. The molecular weight excluding hydrogens is 430 g/mol. The fourth-order valence-electron chi connectivity index (χ4n) is 3.06. The van der Waals surface area contributed by atoms with E-state index in [1.807, 2.05) is 29.6 Å². The van der Waals surface area contributed by atoms with Gasteiger partial charge in [0.1, 0.15) is 0 Å². The molecule has 168 valence electrons. The molecule has 0 radical (unpaired) electrons. The molecule has 1 heterocycles. The Bertz CT molecular complexity index is 1130.